The Hall–Kier alpha value is -0.770. The van der Waals surface area contributed by atoms with Crippen LogP contribution in [-0.2, 0) is 4.74 Å². The zero-order valence-electron chi connectivity index (χ0n) is 9.32. The van der Waals surface area contributed by atoms with E-state index in [1.807, 2.05) is 5.01 Å². The van der Waals surface area contributed by atoms with Crippen LogP contribution in [-0.4, -0.2) is 37.1 Å². The molecule has 1 aliphatic carbocycles. The van der Waals surface area contributed by atoms with Gasteiger partial charge in [-0.15, -0.1) is 0 Å². The molecule has 0 aromatic heterocycles. The van der Waals surface area contributed by atoms with Crippen LogP contribution in [0.25, 0.3) is 0 Å². The van der Waals surface area contributed by atoms with Crippen molar-refractivity contribution < 1.29 is 4.74 Å². The molecule has 0 amide bonds. The fourth-order valence-electron chi connectivity index (χ4n) is 2.30. The Labute approximate surface area is 91.5 Å². The summed E-state index contributed by atoms with van der Waals surface area (Å²) >= 11 is 0. The van der Waals surface area contributed by atoms with Crippen molar-refractivity contribution in [2.75, 3.05) is 26.3 Å². The lowest BCUT2D eigenvalue weighted by molar-refractivity contribution is 0.0389. The molecule has 0 spiro atoms. The van der Waals surface area contributed by atoms with E-state index in [0.717, 1.165) is 32.1 Å². The number of morpholine rings is 1. The molecule has 0 radical (unpaired) electrons. The van der Waals surface area contributed by atoms with Gasteiger partial charge < -0.3 is 10.5 Å². The summed E-state index contributed by atoms with van der Waals surface area (Å²) in [7, 11) is 0. The first-order valence-electron chi connectivity index (χ1n) is 6.03. The van der Waals surface area contributed by atoms with Crippen molar-refractivity contribution in [2.24, 2.45) is 16.8 Å². The second-order valence-corrected chi connectivity index (χ2v) is 4.43. The van der Waals surface area contributed by atoms with Crippen LogP contribution in [0, 0.1) is 5.92 Å². The van der Waals surface area contributed by atoms with Gasteiger partial charge in [0.05, 0.1) is 26.3 Å². The smallest absolute Gasteiger partial charge is 0.122 e. The Morgan fingerprint density at radius 3 is 2.47 bits per heavy atom. The molecule has 4 heteroatoms. The predicted molar refractivity (Wildman–Crippen MR) is 60.6 cm³/mol. The van der Waals surface area contributed by atoms with E-state index in [9.17, 15) is 0 Å². The molecule has 0 aromatic rings. The molecule has 15 heavy (non-hydrogen) atoms. The Kier molecular flexibility index (Phi) is 3.83. The van der Waals surface area contributed by atoms with Crippen molar-refractivity contribution >= 4 is 5.84 Å². The summed E-state index contributed by atoms with van der Waals surface area (Å²) in [4.78, 5) is 0. The van der Waals surface area contributed by atoms with Gasteiger partial charge in [-0.3, -0.25) is 5.01 Å². The second-order valence-electron chi connectivity index (χ2n) is 4.43. The van der Waals surface area contributed by atoms with Crippen LogP contribution >= 0.6 is 0 Å². The van der Waals surface area contributed by atoms with Crippen LogP contribution in [0.3, 0.4) is 0 Å². The number of ether oxygens (including phenoxy) is 1. The third-order valence-electron chi connectivity index (χ3n) is 3.27. The molecule has 2 fully saturated rings. The SMILES string of the molecule is N/C(=N\N1CCOCC1)C1CCCCC1. The monoisotopic (exact) mass is 211 g/mol. The van der Waals surface area contributed by atoms with E-state index in [-0.39, 0.29) is 0 Å². The third kappa shape index (κ3) is 3.09. The summed E-state index contributed by atoms with van der Waals surface area (Å²) in [5.41, 5.74) is 6.05. The maximum atomic E-state index is 6.05. The normalized spacial score (nSPS) is 25.6. The van der Waals surface area contributed by atoms with Gasteiger partial charge in [0, 0.05) is 5.92 Å². The Bertz CT molecular complexity index is 218. The molecule has 1 aliphatic heterocycles. The highest BCUT2D eigenvalue weighted by Crippen LogP contribution is 2.23. The van der Waals surface area contributed by atoms with Crippen LogP contribution in [0.2, 0.25) is 0 Å². The molecular formula is C11H21N3O. The van der Waals surface area contributed by atoms with Gasteiger partial charge in [-0.25, -0.2) is 0 Å². The number of rotatable bonds is 2. The fourth-order valence-corrected chi connectivity index (χ4v) is 2.30. The van der Waals surface area contributed by atoms with Gasteiger partial charge in [-0.05, 0) is 12.8 Å². The molecule has 0 bridgehead atoms. The van der Waals surface area contributed by atoms with Gasteiger partial charge in [-0.1, -0.05) is 19.3 Å². The Morgan fingerprint density at radius 1 is 1.13 bits per heavy atom. The van der Waals surface area contributed by atoms with E-state index >= 15 is 0 Å². The minimum absolute atomic E-state index is 0.529. The zero-order valence-corrected chi connectivity index (χ0v) is 9.32. The van der Waals surface area contributed by atoms with Gasteiger partial charge >= 0.3 is 0 Å². The van der Waals surface area contributed by atoms with Crippen molar-refractivity contribution in [3.63, 3.8) is 0 Å². The lowest BCUT2D eigenvalue weighted by Gasteiger charge is -2.27. The summed E-state index contributed by atoms with van der Waals surface area (Å²) in [6, 6.07) is 0. The summed E-state index contributed by atoms with van der Waals surface area (Å²) in [6.07, 6.45) is 6.43. The van der Waals surface area contributed by atoms with E-state index in [4.69, 9.17) is 10.5 Å². The maximum Gasteiger partial charge on any atom is 0.122 e. The highest BCUT2D eigenvalue weighted by Gasteiger charge is 2.18. The van der Waals surface area contributed by atoms with E-state index in [0.29, 0.717) is 5.92 Å². The summed E-state index contributed by atoms with van der Waals surface area (Å²) in [5, 5.41) is 6.56. The molecule has 1 heterocycles. The van der Waals surface area contributed by atoms with Gasteiger partial charge in [0.1, 0.15) is 5.84 Å². The molecule has 2 N–H and O–H groups in total. The molecule has 2 aliphatic rings. The molecule has 1 saturated heterocycles. The van der Waals surface area contributed by atoms with Gasteiger partial charge in [0.25, 0.3) is 0 Å². The molecule has 2 rings (SSSR count). The number of hydrogen-bond donors (Lipinski definition) is 1. The van der Waals surface area contributed by atoms with Crippen LogP contribution in [0.4, 0.5) is 0 Å². The first kappa shape index (κ1) is 10.7. The third-order valence-corrected chi connectivity index (χ3v) is 3.27. The second kappa shape index (κ2) is 5.35. The number of hydrogen-bond acceptors (Lipinski definition) is 3. The van der Waals surface area contributed by atoms with E-state index in [1.54, 1.807) is 0 Å². The predicted octanol–water partition coefficient (Wildman–Crippen LogP) is 1.17. The van der Waals surface area contributed by atoms with Crippen molar-refractivity contribution in [1.29, 1.82) is 0 Å². The largest absolute Gasteiger partial charge is 0.385 e. The summed E-state index contributed by atoms with van der Waals surface area (Å²) in [6.45, 7) is 3.32. The maximum absolute atomic E-state index is 6.05. The summed E-state index contributed by atoms with van der Waals surface area (Å²) in [5.74, 6) is 1.37. The average Bonchev–Trinajstić information content (AvgIpc) is 2.31. The van der Waals surface area contributed by atoms with Crippen LogP contribution < -0.4 is 5.73 Å². The lowest BCUT2D eigenvalue weighted by Crippen LogP contribution is -2.36. The van der Waals surface area contributed by atoms with Gasteiger partial charge in [0.2, 0.25) is 0 Å². The number of nitrogens with zero attached hydrogens (tertiary/aromatic N) is 2. The van der Waals surface area contributed by atoms with E-state index < -0.39 is 0 Å². The number of hydrazone groups is 1. The highest BCUT2D eigenvalue weighted by atomic mass is 16.5. The Balaban J connectivity index is 1.86. The van der Waals surface area contributed by atoms with Crippen molar-refractivity contribution in [3.8, 4) is 0 Å². The molecule has 0 aromatic carbocycles. The van der Waals surface area contributed by atoms with Crippen molar-refractivity contribution in [3.05, 3.63) is 0 Å². The Morgan fingerprint density at radius 2 is 1.80 bits per heavy atom. The van der Waals surface area contributed by atoms with E-state index in [2.05, 4.69) is 5.10 Å². The van der Waals surface area contributed by atoms with Crippen molar-refractivity contribution in [2.45, 2.75) is 32.1 Å². The standard InChI is InChI=1S/C11H21N3O/c12-11(10-4-2-1-3-5-10)13-14-6-8-15-9-7-14/h10H,1-9H2,(H2,12,13). The van der Waals surface area contributed by atoms with Crippen LogP contribution in [0.15, 0.2) is 5.10 Å². The number of nitrogens with two attached hydrogens (primary N) is 1. The molecule has 0 atom stereocenters. The molecule has 1 saturated carbocycles. The minimum atomic E-state index is 0.529. The first-order valence-corrected chi connectivity index (χ1v) is 6.03. The van der Waals surface area contributed by atoms with Crippen molar-refractivity contribution in [1.82, 2.24) is 5.01 Å². The zero-order chi connectivity index (χ0) is 10.5. The topological polar surface area (TPSA) is 50.8 Å². The van der Waals surface area contributed by atoms with Gasteiger partial charge in [-0.2, -0.15) is 5.10 Å². The molecule has 0 unspecified atom stereocenters. The van der Waals surface area contributed by atoms with Crippen LogP contribution in [0.1, 0.15) is 32.1 Å². The molecule has 86 valence electrons. The fraction of sp³-hybridized carbons (Fsp3) is 0.909. The highest BCUT2D eigenvalue weighted by molar-refractivity contribution is 5.82. The quantitative estimate of drug-likeness (QED) is 0.551. The minimum Gasteiger partial charge on any atom is -0.385 e. The average molecular weight is 211 g/mol. The number of amidine groups is 1. The summed E-state index contributed by atoms with van der Waals surface area (Å²) < 4.78 is 5.28. The van der Waals surface area contributed by atoms with E-state index in [1.165, 1.54) is 32.1 Å². The lowest BCUT2D eigenvalue weighted by atomic mass is 9.88. The molecule has 4 nitrogen and oxygen atoms in total. The van der Waals surface area contributed by atoms with Gasteiger partial charge in [0.15, 0.2) is 0 Å². The van der Waals surface area contributed by atoms with Crippen LogP contribution in [0.5, 0.6) is 0 Å². The first-order chi connectivity index (χ1) is 7.36. The molecular weight excluding hydrogens is 190 g/mol.